The number of nitrogens with zero attached hydrogens (tertiary/aromatic N) is 1. The van der Waals surface area contributed by atoms with Crippen LogP contribution < -0.4 is 5.32 Å². The summed E-state index contributed by atoms with van der Waals surface area (Å²) in [6.45, 7) is 3.18. The number of thiophene rings is 1. The SMILES string of the molecule is CCCNC(Cc1ccccn1)c1ccc(Cl)s1. The standard InChI is InChI=1S/C14H17ClN2S/c1-2-8-17-12(13-6-7-14(15)18-13)10-11-5-3-4-9-16-11/h3-7,9,12,17H,2,8,10H2,1H3. The van der Waals surface area contributed by atoms with Crippen molar-refractivity contribution in [2.45, 2.75) is 25.8 Å². The quantitative estimate of drug-likeness (QED) is 0.862. The minimum atomic E-state index is 0.303. The first kappa shape index (κ1) is 13.5. The summed E-state index contributed by atoms with van der Waals surface area (Å²) < 4.78 is 0.842. The van der Waals surface area contributed by atoms with Gasteiger partial charge in [-0.3, -0.25) is 4.98 Å². The third kappa shape index (κ3) is 3.80. The third-order valence-corrected chi connectivity index (χ3v) is 4.06. The Morgan fingerprint density at radius 2 is 2.22 bits per heavy atom. The second kappa shape index (κ2) is 6.88. The van der Waals surface area contributed by atoms with E-state index in [1.807, 2.05) is 24.4 Å². The summed E-state index contributed by atoms with van der Waals surface area (Å²) in [5.41, 5.74) is 1.11. The zero-order valence-corrected chi connectivity index (χ0v) is 12.0. The number of hydrogen-bond donors (Lipinski definition) is 1. The Morgan fingerprint density at radius 1 is 1.33 bits per heavy atom. The van der Waals surface area contributed by atoms with E-state index in [4.69, 9.17) is 11.6 Å². The van der Waals surface area contributed by atoms with Gasteiger partial charge < -0.3 is 5.32 Å². The van der Waals surface area contributed by atoms with Gasteiger partial charge >= 0.3 is 0 Å². The molecule has 1 atom stereocenters. The van der Waals surface area contributed by atoms with Crippen molar-refractivity contribution in [1.29, 1.82) is 0 Å². The molecule has 0 bridgehead atoms. The normalized spacial score (nSPS) is 12.6. The first-order valence-electron chi connectivity index (χ1n) is 6.18. The maximum atomic E-state index is 6.02. The molecule has 0 saturated carbocycles. The molecule has 0 aliphatic heterocycles. The first-order chi connectivity index (χ1) is 8.79. The van der Waals surface area contributed by atoms with E-state index in [-0.39, 0.29) is 0 Å². The fourth-order valence-corrected chi connectivity index (χ4v) is 2.97. The molecule has 0 aliphatic rings. The van der Waals surface area contributed by atoms with Gasteiger partial charge in [0.15, 0.2) is 0 Å². The Morgan fingerprint density at radius 3 is 2.83 bits per heavy atom. The van der Waals surface area contributed by atoms with Crippen LogP contribution in [0.25, 0.3) is 0 Å². The van der Waals surface area contributed by atoms with Gasteiger partial charge in [-0.25, -0.2) is 0 Å². The van der Waals surface area contributed by atoms with E-state index in [1.165, 1.54) is 4.88 Å². The van der Waals surface area contributed by atoms with E-state index >= 15 is 0 Å². The number of pyridine rings is 1. The molecule has 1 unspecified atom stereocenters. The molecular weight excluding hydrogens is 264 g/mol. The van der Waals surface area contributed by atoms with Gasteiger partial charge in [0.1, 0.15) is 0 Å². The molecule has 4 heteroatoms. The van der Waals surface area contributed by atoms with E-state index in [0.29, 0.717) is 6.04 Å². The average Bonchev–Trinajstić information content (AvgIpc) is 2.82. The van der Waals surface area contributed by atoms with Gasteiger partial charge in [-0.05, 0) is 37.2 Å². The van der Waals surface area contributed by atoms with Crippen molar-refractivity contribution in [2.75, 3.05) is 6.54 Å². The molecule has 0 aliphatic carbocycles. The van der Waals surface area contributed by atoms with Gasteiger partial charge in [0, 0.05) is 29.2 Å². The predicted molar refractivity (Wildman–Crippen MR) is 78.3 cm³/mol. The van der Waals surface area contributed by atoms with Crippen LogP contribution in [-0.4, -0.2) is 11.5 Å². The van der Waals surface area contributed by atoms with Gasteiger partial charge in [0.05, 0.1) is 4.34 Å². The Labute approximate surface area is 117 Å². The summed E-state index contributed by atoms with van der Waals surface area (Å²) in [7, 11) is 0. The zero-order chi connectivity index (χ0) is 12.8. The summed E-state index contributed by atoms with van der Waals surface area (Å²) in [4.78, 5) is 5.67. The fourth-order valence-electron chi connectivity index (χ4n) is 1.84. The van der Waals surface area contributed by atoms with Crippen LogP contribution in [0.5, 0.6) is 0 Å². The van der Waals surface area contributed by atoms with Gasteiger partial charge in [-0.2, -0.15) is 0 Å². The lowest BCUT2D eigenvalue weighted by atomic mass is 10.1. The molecule has 2 heterocycles. The van der Waals surface area contributed by atoms with Crippen molar-refractivity contribution in [3.8, 4) is 0 Å². The van der Waals surface area contributed by atoms with Crippen molar-refractivity contribution in [1.82, 2.24) is 10.3 Å². The number of aromatic nitrogens is 1. The second-order valence-corrected chi connectivity index (χ2v) is 5.92. The molecule has 0 spiro atoms. The van der Waals surface area contributed by atoms with E-state index in [2.05, 4.69) is 29.4 Å². The molecule has 0 fully saturated rings. The lowest BCUT2D eigenvalue weighted by Gasteiger charge is -2.16. The highest BCUT2D eigenvalue weighted by atomic mass is 35.5. The summed E-state index contributed by atoms with van der Waals surface area (Å²) in [5, 5.41) is 3.56. The largest absolute Gasteiger partial charge is 0.309 e. The summed E-state index contributed by atoms with van der Waals surface area (Å²) in [6, 6.07) is 10.4. The average molecular weight is 281 g/mol. The number of nitrogens with one attached hydrogen (secondary N) is 1. The first-order valence-corrected chi connectivity index (χ1v) is 7.37. The van der Waals surface area contributed by atoms with Crippen LogP contribution in [0.4, 0.5) is 0 Å². The van der Waals surface area contributed by atoms with Crippen LogP contribution in [0.1, 0.15) is 30.0 Å². The lowest BCUT2D eigenvalue weighted by Crippen LogP contribution is -2.23. The van der Waals surface area contributed by atoms with Crippen LogP contribution in [0, 0.1) is 0 Å². The molecule has 2 aromatic rings. The minimum absolute atomic E-state index is 0.303. The van der Waals surface area contributed by atoms with Gasteiger partial charge in [0.2, 0.25) is 0 Å². The van der Waals surface area contributed by atoms with Crippen LogP contribution in [0.2, 0.25) is 4.34 Å². The molecule has 1 N–H and O–H groups in total. The Balaban J connectivity index is 2.10. The fraction of sp³-hybridized carbons (Fsp3) is 0.357. The maximum absolute atomic E-state index is 6.02. The second-order valence-electron chi connectivity index (χ2n) is 4.17. The Bertz CT molecular complexity index is 470. The molecule has 96 valence electrons. The summed E-state index contributed by atoms with van der Waals surface area (Å²) in [6.07, 6.45) is 3.86. The Hall–Kier alpha value is -0.900. The smallest absolute Gasteiger partial charge is 0.0931 e. The molecule has 2 rings (SSSR count). The Kier molecular flexibility index (Phi) is 5.17. The number of hydrogen-bond acceptors (Lipinski definition) is 3. The summed E-state index contributed by atoms with van der Waals surface area (Å²) >= 11 is 7.66. The molecule has 0 aromatic carbocycles. The van der Waals surface area contributed by atoms with E-state index in [9.17, 15) is 0 Å². The highest BCUT2D eigenvalue weighted by molar-refractivity contribution is 7.16. The molecule has 18 heavy (non-hydrogen) atoms. The van der Waals surface area contributed by atoms with Crippen molar-refractivity contribution in [2.24, 2.45) is 0 Å². The van der Waals surface area contributed by atoms with Crippen molar-refractivity contribution in [3.63, 3.8) is 0 Å². The molecule has 0 amide bonds. The maximum Gasteiger partial charge on any atom is 0.0931 e. The number of rotatable bonds is 6. The van der Waals surface area contributed by atoms with Crippen molar-refractivity contribution < 1.29 is 0 Å². The van der Waals surface area contributed by atoms with Gasteiger partial charge in [0.25, 0.3) is 0 Å². The monoisotopic (exact) mass is 280 g/mol. The van der Waals surface area contributed by atoms with E-state index in [0.717, 1.165) is 29.4 Å². The molecule has 0 saturated heterocycles. The van der Waals surface area contributed by atoms with E-state index < -0.39 is 0 Å². The number of halogens is 1. The molecular formula is C14H17ClN2S. The van der Waals surface area contributed by atoms with Crippen LogP contribution >= 0.6 is 22.9 Å². The van der Waals surface area contributed by atoms with E-state index in [1.54, 1.807) is 11.3 Å². The van der Waals surface area contributed by atoms with Gasteiger partial charge in [-0.15, -0.1) is 11.3 Å². The lowest BCUT2D eigenvalue weighted by molar-refractivity contribution is 0.531. The van der Waals surface area contributed by atoms with Crippen LogP contribution in [0.15, 0.2) is 36.5 Å². The van der Waals surface area contributed by atoms with Crippen molar-refractivity contribution in [3.05, 3.63) is 51.4 Å². The highest BCUT2D eigenvalue weighted by Crippen LogP contribution is 2.28. The minimum Gasteiger partial charge on any atom is -0.309 e. The van der Waals surface area contributed by atoms with Crippen LogP contribution in [-0.2, 0) is 6.42 Å². The molecule has 0 radical (unpaired) electrons. The topological polar surface area (TPSA) is 24.9 Å². The van der Waals surface area contributed by atoms with Crippen LogP contribution in [0.3, 0.4) is 0 Å². The predicted octanol–water partition coefficient (Wildman–Crippen LogP) is 4.08. The molecule has 2 aromatic heterocycles. The highest BCUT2D eigenvalue weighted by Gasteiger charge is 2.14. The van der Waals surface area contributed by atoms with Crippen molar-refractivity contribution >= 4 is 22.9 Å². The third-order valence-electron chi connectivity index (χ3n) is 2.72. The summed E-state index contributed by atoms with van der Waals surface area (Å²) in [5.74, 6) is 0. The molecule has 2 nitrogen and oxygen atoms in total. The van der Waals surface area contributed by atoms with Gasteiger partial charge in [-0.1, -0.05) is 24.6 Å². The zero-order valence-electron chi connectivity index (χ0n) is 10.4.